The van der Waals surface area contributed by atoms with Gasteiger partial charge in [-0.05, 0) is 42.0 Å². The number of carbonyl (C=O) groups is 2. The molecule has 148 valence electrons. The van der Waals surface area contributed by atoms with Crippen LogP contribution in [0.5, 0.6) is 0 Å². The van der Waals surface area contributed by atoms with Gasteiger partial charge in [-0.2, -0.15) is 0 Å². The fourth-order valence-corrected chi connectivity index (χ4v) is 2.97. The molecule has 0 spiro atoms. The minimum atomic E-state index is -0.308. The molecular weight excluding hydrogens is 361 g/mol. The van der Waals surface area contributed by atoms with Crippen LogP contribution in [0.3, 0.4) is 0 Å². The van der Waals surface area contributed by atoms with Crippen LogP contribution in [-0.2, 0) is 16.1 Å². The summed E-state index contributed by atoms with van der Waals surface area (Å²) < 4.78 is 18.2. The van der Waals surface area contributed by atoms with Crippen LogP contribution in [0, 0.1) is 5.82 Å². The van der Waals surface area contributed by atoms with Crippen molar-refractivity contribution >= 4 is 17.5 Å². The molecule has 1 saturated heterocycles. The van der Waals surface area contributed by atoms with Crippen molar-refractivity contribution in [1.29, 1.82) is 0 Å². The molecule has 0 bridgehead atoms. The van der Waals surface area contributed by atoms with E-state index in [1.165, 1.54) is 12.1 Å². The molecule has 2 aromatic rings. The van der Waals surface area contributed by atoms with E-state index >= 15 is 0 Å². The number of carbonyl (C=O) groups excluding carboxylic acids is 2. The molecule has 1 aliphatic heterocycles. The minimum absolute atomic E-state index is 0.000178. The highest BCUT2D eigenvalue weighted by Crippen LogP contribution is 2.13. The maximum atomic E-state index is 13.0. The van der Waals surface area contributed by atoms with E-state index in [2.05, 4.69) is 5.32 Å². The number of hydrogen-bond acceptors (Lipinski definition) is 4. The molecule has 2 aromatic carbocycles. The first kappa shape index (κ1) is 19.8. The topological polar surface area (TPSA) is 61.9 Å². The van der Waals surface area contributed by atoms with Crippen molar-refractivity contribution in [3.63, 3.8) is 0 Å². The fraction of sp³-hybridized carbons (Fsp3) is 0.333. The standard InChI is InChI=1S/C21H24FN3O3/c1-24(19-8-6-18(22)7-9-19)15-20(26)23-14-16-2-4-17(5-3-16)21(27)25-10-12-28-13-11-25/h2-9H,10-15H2,1H3,(H,23,26). The Balaban J connectivity index is 1.48. The van der Waals surface area contributed by atoms with Gasteiger partial charge in [0.05, 0.1) is 19.8 Å². The van der Waals surface area contributed by atoms with E-state index in [1.54, 1.807) is 41.1 Å². The molecule has 1 heterocycles. The van der Waals surface area contributed by atoms with Gasteiger partial charge in [-0.15, -0.1) is 0 Å². The molecule has 2 amide bonds. The smallest absolute Gasteiger partial charge is 0.254 e. The largest absolute Gasteiger partial charge is 0.378 e. The molecule has 0 aliphatic carbocycles. The Hall–Kier alpha value is -2.93. The van der Waals surface area contributed by atoms with Crippen LogP contribution in [0.25, 0.3) is 0 Å². The molecule has 7 heteroatoms. The monoisotopic (exact) mass is 385 g/mol. The third-order valence-electron chi connectivity index (χ3n) is 4.64. The number of rotatable bonds is 6. The van der Waals surface area contributed by atoms with Crippen molar-refractivity contribution < 1.29 is 18.7 Å². The highest BCUT2D eigenvalue weighted by molar-refractivity contribution is 5.94. The Morgan fingerprint density at radius 2 is 1.71 bits per heavy atom. The van der Waals surface area contributed by atoms with Crippen LogP contribution in [0.4, 0.5) is 10.1 Å². The molecule has 3 rings (SSSR count). The van der Waals surface area contributed by atoms with Crippen LogP contribution in [0.2, 0.25) is 0 Å². The Bertz CT molecular complexity index is 803. The highest BCUT2D eigenvalue weighted by atomic mass is 19.1. The predicted octanol–water partition coefficient (Wildman–Crippen LogP) is 2.05. The maximum absolute atomic E-state index is 13.0. The summed E-state index contributed by atoms with van der Waals surface area (Å²) in [5.74, 6) is -0.447. The van der Waals surface area contributed by atoms with Crippen LogP contribution in [0.15, 0.2) is 48.5 Å². The molecule has 0 aromatic heterocycles. The lowest BCUT2D eigenvalue weighted by molar-refractivity contribution is -0.119. The second kappa shape index (κ2) is 9.32. The number of anilines is 1. The van der Waals surface area contributed by atoms with E-state index in [4.69, 9.17) is 4.74 Å². The molecule has 0 radical (unpaired) electrons. The van der Waals surface area contributed by atoms with E-state index in [9.17, 15) is 14.0 Å². The van der Waals surface area contributed by atoms with Crippen LogP contribution in [-0.4, -0.2) is 56.6 Å². The molecule has 28 heavy (non-hydrogen) atoms. The average Bonchev–Trinajstić information content (AvgIpc) is 2.73. The van der Waals surface area contributed by atoms with Crippen molar-refractivity contribution in [1.82, 2.24) is 10.2 Å². The van der Waals surface area contributed by atoms with Gasteiger partial charge >= 0.3 is 0 Å². The third kappa shape index (κ3) is 5.29. The van der Waals surface area contributed by atoms with Crippen molar-refractivity contribution in [2.75, 3.05) is 44.8 Å². The number of nitrogens with zero attached hydrogens (tertiary/aromatic N) is 2. The zero-order valence-electron chi connectivity index (χ0n) is 15.9. The molecule has 6 nitrogen and oxygen atoms in total. The fourth-order valence-electron chi connectivity index (χ4n) is 2.97. The predicted molar refractivity (Wildman–Crippen MR) is 105 cm³/mol. The Kier molecular flexibility index (Phi) is 6.60. The van der Waals surface area contributed by atoms with E-state index in [0.29, 0.717) is 38.4 Å². The second-order valence-corrected chi connectivity index (χ2v) is 6.71. The third-order valence-corrected chi connectivity index (χ3v) is 4.64. The van der Waals surface area contributed by atoms with Crippen molar-refractivity contribution in [2.24, 2.45) is 0 Å². The SMILES string of the molecule is CN(CC(=O)NCc1ccc(C(=O)N2CCOCC2)cc1)c1ccc(F)cc1. The normalized spacial score (nSPS) is 13.9. The summed E-state index contributed by atoms with van der Waals surface area (Å²) in [4.78, 5) is 28.1. The van der Waals surface area contributed by atoms with Gasteiger partial charge in [-0.25, -0.2) is 4.39 Å². The van der Waals surface area contributed by atoms with E-state index in [0.717, 1.165) is 11.3 Å². The number of nitrogens with one attached hydrogen (secondary N) is 1. The molecule has 0 saturated carbocycles. The van der Waals surface area contributed by atoms with Crippen molar-refractivity contribution in [2.45, 2.75) is 6.54 Å². The minimum Gasteiger partial charge on any atom is -0.378 e. The van der Waals surface area contributed by atoms with Gasteiger partial charge < -0.3 is 19.9 Å². The number of hydrogen-bond donors (Lipinski definition) is 1. The molecule has 1 aliphatic rings. The molecule has 0 atom stereocenters. The van der Waals surface area contributed by atoms with Gasteiger partial charge in [-0.1, -0.05) is 12.1 Å². The van der Waals surface area contributed by atoms with E-state index in [-0.39, 0.29) is 24.2 Å². The van der Waals surface area contributed by atoms with Crippen molar-refractivity contribution in [3.8, 4) is 0 Å². The van der Waals surface area contributed by atoms with Gasteiger partial charge in [0.2, 0.25) is 5.91 Å². The summed E-state index contributed by atoms with van der Waals surface area (Å²) in [6.45, 7) is 2.90. The highest BCUT2D eigenvalue weighted by Gasteiger charge is 2.18. The molecule has 1 fully saturated rings. The Morgan fingerprint density at radius 1 is 1.07 bits per heavy atom. The van der Waals surface area contributed by atoms with Crippen LogP contribution >= 0.6 is 0 Å². The summed E-state index contributed by atoms with van der Waals surface area (Å²) in [6, 6.07) is 13.2. The first-order valence-corrected chi connectivity index (χ1v) is 9.22. The van der Waals surface area contributed by atoms with Crippen LogP contribution < -0.4 is 10.2 Å². The van der Waals surface area contributed by atoms with E-state index < -0.39 is 0 Å². The lowest BCUT2D eigenvalue weighted by Crippen LogP contribution is -2.40. The average molecular weight is 385 g/mol. The summed E-state index contributed by atoms with van der Waals surface area (Å²) in [7, 11) is 1.78. The number of morpholine rings is 1. The number of benzene rings is 2. The van der Waals surface area contributed by atoms with E-state index in [1.807, 2.05) is 12.1 Å². The van der Waals surface area contributed by atoms with Gasteiger partial charge in [0.15, 0.2) is 0 Å². The first-order chi connectivity index (χ1) is 13.5. The second-order valence-electron chi connectivity index (χ2n) is 6.71. The van der Waals surface area contributed by atoms with Gasteiger partial charge in [0, 0.05) is 37.9 Å². The van der Waals surface area contributed by atoms with Gasteiger partial charge in [0.1, 0.15) is 5.82 Å². The van der Waals surface area contributed by atoms with Crippen LogP contribution in [0.1, 0.15) is 15.9 Å². The number of ether oxygens (including phenoxy) is 1. The number of likely N-dealkylation sites (N-methyl/N-ethyl adjacent to an activating group) is 1. The Morgan fingerprint density at radius 3 is 2.36 bits per heavy atom. The summed E-state index contributed by atoms with van der Waals surface area (Å²) in [5.41, 5.74) is 2.31. The molecule has 1 N–H and O–H groups in total. The first-order valence-electron chi connectivity index (χ1n) is 9.22. The summed E-state index contributed by atoms with van der Waals surface area (Å²) in [6.07, 6.45) is 0. The Labute approximate surface area is 163 Å². The molecule has 0 unspecified atom stereocenters. The molecular formula is C21H24FN3O3. The van der Waals surface area contributed by atoms with Gasteiger partial charge in [-0.3, -0.25) is 9.59 Å². The summed E-state index contributed by atoms with van der Waals surface area (Å²) in [5, 5.41) is 2.86. The zero-order chi connectivity index (χ0) is 19.9. The lowest BCUT2D eigenvalue weighted by atomic mass is 10.1. The number of amides is 2. The van der Waals surface area contributed by atoms with Gasteiger partial charge in [0.25, 0.3) is 5.91 Å². The number of halogens is 1. The summed E-state index contributed by atoms with van der Waals surface area (Å²) >= 11 is 0. The maximum Gasteiger partial charge on any atom is 0.254 e. The lowest BCUT2D eigenvalue weighted by Gasteiger charge is -2.26. The quantitative estimate of drug-likeness (QED) is 0.827. The van der Waals surface area contributed by atoms with Crippen molar-refractivity contribution in [3.05, 3.63) is 65.5 Å². The zero-order valence-corrected chi connectivity index (χ0v) is 15.9.